The van der Waals surface area contributed by atoms with Gasteiger partial charge in [-0.1, -0.05) is 19.3 Å². The Kier molecular flexibility index (Phi) is 5.40. The molecule has 2 saturated carbocycles. The lowest BCUT2D eigenvalue weighted by Gasteiger charge is -2.29. The maximum Gasteiger partial charge on any atom is 0.307 e. The summed E-state index contributed by atoms with van der Waals surface area (Å²) in [6.45, 7) is 0.568. The highest BCUT2D eigenvalue weighted by Gasteiger charge is 2.35. The van der Waals surface area contributed by atoms with Crippen molar-refractivity contribution in [2.45, 2.75) is 57.5 Å². The summed E-state index contributed by atoms with van der Waals surface area (Å²) >= 11 is 0. The number of carboxylic acid groups (broad SMARTS) is 1. The molecule has 0 spiro atoms. The minimum Gasteiger partial charge on any atom is -0.481 e. The minimum absolute atomic E-state index is 0.114. The molecular formula is C15H25NO4. The van der Waals surface area contributed by atoms with E-state index >= 15 is 0 Å². The Labute approximate surface area is 119 Å². The van der Waals surface area contributed by atoms with E-state index in [0.29, 0.717) is 25.3 Å². The maximum absolute atomic E-state index is 12.2. The Bertz CT molecular complexity index is 358. The summed E-state index contributed by atoms with van der Waals surface area (Å²) in [7, 11) is 0. The number of aliphatic hydroxyl groups is 1. The Morgan fingerprint density at radius 3 is 2.35 bits per heavy atom. The van der Waals surface area contributed by atoms with Crippen molar-refractivity contribution in [1.82, 2.24) is 5.32 Å². The first-order chi connectivity index (χ1) is 9.58. The van der Waals surface area contributed by atoms with Crippen molar-refractivity contribution in [1.29, 1.82) is 0 Å². The zero-order chi connectivity index (χ0) is 14.5. The number of amides is 1. The second-order valence-electron chi connectivity index (χ2n) is 6.27. The van der Waals surface area contributed by atoms with Crippen LogP contribution in [0.15, 0.2) is 0 Å². The van der Waals surface area contributed by atoms with Gasteiger partial charge in [0.05, 0.1) is 17.9 Å². The van der Waals surface area contributed by atoms with Crippen molar-refractivity contribution in [3.8, 4) is 0 Å². The molecule has 4 atom stereocenters. The van der Waals surface area contributed by atoms with Crippen LogP contribution < -0.4 is 5.32 Å². The number of nitrogens with one attached hydrogen (secondary N) is 1. The van der Waals surface area contributed by atoms with Gasteiger partial charge >= 0.3 is 5.97 Å². The van der Waals surface area contributed by atoms with Gasteiger partial charge < -0.3 is 15.5 Å². The van der Waals surface area contributed by atoms with E-state index < -0.39 is 11.9 Å². The van der Waals surface area contributed by atoms with Crippen molar-refractivity contribution in [3.05, 3.63) is 0 Å². The molecule has 5 nitrogen and oxygen atoms in total. The predicted octanol–water partition coefficient (Wildman–Crippen LogP) is 1.54. The van der Waals surface area contributed by atoms with Gasteiger partial charge in [-0.2, -0.15) is 0 Å². The molecule has 2 fully saturated rings. The summed E-state index contributed by atoms with van der Waals surface area (Å²) in [5, 5.41) is 21.7. The molecule has 0 heterocycles. The number of aliphatic hydroxyl groups excluding tert-OH is 1. The van der Waals surface area contributed by atoms with Crippen LogP contribution in [0.1, 0.15) is 51.4 Å². The van der Waals surface area contributed by atoms with Crippen LogP contribution in [0.25, 0.3) is 0 Å². The van der Waals surface area contributed by atoms with Crippen molar-refractivity contribution in [3.63, 3.8) is 0 Å². The minimum atomic E-state index is -0.849. The second kappa shape index (κ2) is 7.07. The number of hydrogen-bond acceptors (Lipinski definition) is 3. The molecular weight excluding hydrogens is 258 g/mol. The lowest BCUT2D eigenvalue weighted by Crippen LogP contribution is -2.42. The molecule has 2 aliphatic carbocycles. The third-order valence-corrected chi connectivity index (χ3v) is 4.74. The molecule has 114 valence electrons. The lowest BCUT2D eigenvalue weighted by molar-refractivity contribution is -0.149. The number of rotatable bonds is 4. The zero-order valence-corrected chi connectivity index (χ0v) is 11.9. The van der Waals surface area contributed by atoms with Gasteiger partial charge in [0.1, 0.15) is 0 Å². The van der Waals surface area contributed by atoms with E-state index in [1.807, 2.05) is 0 Å². The quantitative estimate of drug-likeness (QED) is 0.730. The average molecular weight is 283 g/mol. The summed E-state index contributed by atoms with van der Waals surface area (Å²) in [5.41, 5.74) is 0. The molecule has 3 N–H and O–H groups in total. The van der Waals surface area contributed by atoms with Crippen molar-refractivity contribution < 1.29 is 19.8 Å². The predicted molar refractivity (Wildman–Crippen MR) is 74.1 cm³/mol. The van der Waals surface area contributed by atoms with Gasteiger partial charge in [-0.15, -0.1) is 0 Å². The summed E-state index contributed by atoms with van der Waals surface area (Å²) < 4.78 is 0. The van der Waals surface area contributed by atoms with E-state index in [9.17, 15) is 19.8 Å². The Hall–Kier alpha value is -1.10. The average Bonchev–Trinajstić information content (AvgIpc) is 2.45. The molecule has 5 heteroatoms. The topological polar surface area (TPSA) is 86.6 Å². The molecule has 20 heavy (non-hydrogen) atoms. The highest BCUT2D eigenvalue weighted by molar-refractivity contribution is 5.84. The van der Waals surface area contributed by atoms with E-state index in [-0.39, 0.29) is 17.9 Å². The van der Waals surface area contributed by atoms with Crippen LogP contribution in [0.5, 0.6) is 0 Å². The highest BCUT2D eigenvalue weighted by Crippen LogP contribution is 2.30. The smallest absolute Gasteiger partial charge is 0.307 e. The lowest BCUT2D eigenvalue weighted by atomic mass is 9.78. The molecule has 0 aliphatic heterocycles. The van der Waals surface area contributed by atoms with Gasteiger partial charge in [0.2, 0.25) is 5.91 Å². The number of carbonyl (C=O) groups is 2. The summed E-state index contributed by atoms with van der Waals surface area (Å²) in [5.74, 6) is -1.54. The Morgan fingerprint density at radius 2 is 1.70 bits per heavy atom. The first kappa shape index (κ1) is 15.3. The molecule has 0 aromatic carbocycles. The van der Waals surface area contributed by atoms with Gasteiger partial charge in [-0.25, -0.2) is 0 Å². The third-order valence-electron chi connectivity index (χ3n) is 4.74. The van der Waals surface area contributed by atoms with Crippen molar-refractivity contribution in [2.24, 2.45) is 17.8 Å². The molecule has 0 radical (unpaired) electrons. The van der Waals surface area contributed by atoms with Gasteiger partial charge in [0.25, 0.3) is 0 Å². The fourth-order valence-electron chi connectivity index (χ4n) is 3.56. The molecule has 0 aromatic rings. The van der Waals surface area contributed by atoms with Crippen LogP contribution in [0.3, 0.4) is 0 Å². The molecule has 0 saturated heterocycles. The monoisotopic (exact) mass is 283 g/mol. The summed E-state index contributed by atoms with van der Waals surface area (Å²) in [6.07, 6.45) is 6.51. The number of aliphatic carboxylic acids is 1. The molecule has 2 rings (SSSR count). The van der Waals surface area contributed by atoms with E-state index in [1.54, 1.807) is 0 Å². The standard InChI is InChI=1S/C15H25NO4/c17-11-5-3-4-10(8-11)9-16-14(18)12-6-1-2-7-13(12)15(19)20/h10-13,17H,1-9H2,(H,16,18)(H,19,20)/t10?,11?,12-,13+/m1/s1. The number of carboxylic acids is 1. The number of hydrogen-bond donors (Lipinski definition) is 3. The number of carbonyl (C=O) groups excluding carboxylic acids is 1. The SMILES string of the molecule is O=C(O)[C@H]1CCCC[C@H]1C(=O)NCC1CCCC(O)C1. The molecule has 0 aromatic heterocycles. The van der Waals surface area contributed by atoms with Crippen LogP contribution in [-0.2, 0) is 9.59 Å². The van der Waals surface area contributed by atoms with E-state index in [2.05, 4.69) is 5.32 Å². The highest BCUT2D eigenvalue weighted by atomic mass is 16.4. The fourth-order valence-corrected chi connectivity index (χ4v) is 3.56. The largest absolute Gasteiger partial charge is 0.481 e. The van der Waals surface area contributed by atoms with Crippen LogP contribution in [0.4, 0.5) is 0 Å². The third kappa shape index (κ3) is 3.95. The van der Waals surface area contributed by atoms with Gasteiger partial charge in [-0.05, 0) is 38.0 Å². The maximum atomic E-state index is 12.2. The van der Waals surface area contributed by atoms with E-state index in [0.717, 1.165) is 38.5 Å². The first-order valence-corrected chi connectivity index (χ1v) is 7.76. The normalized spacial score (nSPS) is 34.5. The molecule has 1 amide bonds. The van der Waals surface area contributed by atoms with Gasteiger partial charge in [-0.3, -0.25) is 9.59 Å². The van der Waals surface area contributed by atoms with Crippen LogP contribution in [0.2, 0.25) is 0 Å². The van der Waals surface area contributed by atoms with Crippen molar-refractivity contribution in [2.75, 3.05) is 6.54 Å². The molecule has 2 aliphatic rings. The summed E-state index contributed by atoms with van der Waals surface area (Å²) in [6, 6.07) is 0. The van der Waals surface area contributed by atoms with Crippen LogP contribution in [-0.4, -0.2) is 34.7 Å². The van der Waals surface area contributed by atoms with Gasteiger partial charge in [0, 0.05) is 6.54 Å². The second-order valence-corrected chi connectivity index (χ2v) is 6.27. The Morgan fingerprint density at radius 1 is 1.00 bits per heavy atom. The van der Waals surface area contributed by atoms with Crippen LogP contribution >= 0.6 is 0 Å². The zero-order valence-electron chi connectivity index (χ0n) is 11.9. The summed E-state index contributed by atoms with van der Waals surface area (Å²) in [4.78, 5) is 23.4. The molecule has 2 unspecified atom stereocenters. The van der Waals surface area contributed by atoms with Gasteiger partial charge in [0.15, 0.2) is 0 Å². The van der Waals surface area contributed by atoms with E-state index in [1.165, 1.54) is 0 Å². The fraction of sp³-hybridized carbons (Fsp3) is 0.867. The van der Waals surface area contributed by atoms with E-state index in [4.69, 9.17) is 0 Å². The molecule has 0 bridgehead atoms. The Balaban J connectivity index is 1.82. The van der Waals surface area contributed by atoms with Crippen LogP contribution in [0, 0.1) is 17.8 Å². The van der Waals surface area contributed by atoms with Crippen molar-refractivity contribution >= 4 is 11.9 Å². The first-order valence-electron chi connectivity index (χ1n) is 7.76.